The average Bonchev–Trinajstić information content (AvgIpc) is 3.46. The number of nitrogens with one attached hydrogen (secondary N) is 1. The predicted octanol–water partition coefficient (Wildman–Crippen LogP) is 3.43. The molecule has 1 aliphatic carbocycles. The summed E-state index contributed by atoms with van der Waals surface area (Å²) >= 11 is 0. The van der Waals surface area contributed by atoms with E-state index in [1.165, 1.54) is 24.7 Å². The van der Waals surface area contributed by atoms with Crippen LogP contribution in [0.25, 0.3) is 0 Å². The molecule has 10 heteroatoms. The fraction of sp³-hybridized carbons (Fsp3) is 0.259. The Morgan fingerprint density at radius 2 is 1.95 bits per heavy atom. The summed E-state index contributed by atoms with van der Waals surface area (Å²) in [5.74, 6) is 0.623. The molecule has 5 rings (SSSR count). The van der Waals surface area contributed by atoms with Crippen molar-refractivity contribution in [3.63, 3.8) is 0 Å². The number of hydrogen-bond donors (Lipinski definition) is 3. The van der Waals surface area contributed by atoms with Crippen LogP contribution in [0.5, 0.6) is 11.5 Å². The monoisotopic (exact) mass is 503 g/mol. The van der Waals surface area contributed by atoms with E-state index in [9.17, 15) is 19.4 Å². The van der Waals surface area contributed by atoms with Gasteiger partial charge in [-0.2, -0.15) is 5.10 Å². The lowest BCUT2D eigenvalue weighted by atomic mass is 10.1. The summed E-state index contributed by atoms with van der Waals surface area (Å²) in [6.07, 6.45) is 3.17. The number of carbonyl (C=O) groups excluding carboxylic acids is 1. The van der Waals surface area contributed by atoms with E-state index in [4.69, 9.17) is 4.74 Å². The van der Waals surface area contributed by atoms with Crippen molar-refractivity contribution in [3.8, 4) is 11.5 Å². The van der Waals surface area contributed by atoms with Gasteiger partial charge >= 0.3 is 0 Å². The Labute approximate surface area is 212 Å². The summed E-state index contributed by atoms with van der Waals surface area (Å²) in [5, 5.41) is 27.9. The summed E-state index contributed by atoms with van der Waals surface area (Å²) in [5.41, 5.74) is 1.34. The van der Waals surface area contributed by atoms with Gasteiger partial charge in [0.1, 0.15) is 41.3 Å². The first-order chi connectivity index (χ1) is 17.9. The van der Waals surface area contributed by atoms with E-state index in [1.54, 1.807) is 35.1 Å². The van der Waals surface area contributed by atoms with E-state index in [0.717, 1.165) is 5.56 Å². The van der Waals surface area contributed by atoms with Gasteiger partial charge in [0, 0.05) is 12.4 Å². The topological polar surface area (TPSA) is 122 Å². The zero-order valence-corrected chi connectivity index (χ0v) is 20.0. The molecule has 2 heterocycles. The Morgan fingerprint density at radius 3 is 2.70 bits per heavy atom. The van der Waals surface area contributed by atoms with Crippen molar-refractivity contribution >= 4 is 11.6 Å². The molecule has 2 aromatic heterocycles. The van der Waals surface area contributed by atoms with Crippen LogP contribution in [0.3, 0.4) is 0 Å². The predicted molar refractivity (Wildman–Crippen MR) is 133 cm³/mol. The van der Waals surface area contributed by atoms with Gasteiger partial charge in [-0.05, 0) is 60.4 Å². The zero-order valence-electron chi connectivity index (χ0n) is 20.0. The summed E-state index contributed by atoms with van der Waals surface area (Å²) in [7, 11) is 0. The molecule has 0 amide bonds. The van der Waals surface area contributed by atoms with Crippen molar-refractivity contribution < 1.29 is 24.1 Å². The molecule has 0 saturated heterocycles. The van der Waals surface area contributed by atoms with Gasteiger partial charge in [-0.15, -0.1) is 0 Å². The maximum Gasteiger partial charge on any atom is 0.218 e. The molecule has 1 saturated carbocycles. The third-order valence-corrected chi connectivity index (χ3v) is 6.42. The van der Waals surface area contributed by atoms with Crippen LogP contribution < -0.4 is 10.1 Å². The Bertz CT molecular complexity index is 1390. The van der Waals surface area contributed by atoms with E-state index in [-0.39, 0.29) is 34.6 Å². The number of hydrogen-bond acceptors (Lipinski definition) is 8. The number of benzene rings is 2. The second kappa shape index (κ2) is 10.5. The second-order valence-corrected chi connectivity index (χ2v) is 9.16. The first kappa shape index (κ1) is 24.5. The maximum absolute atomic E-state index is 13.2. The van der Waals surface area contributed by atoms with Crippen molar-refractivity contribution in [1.29, 1.82) is 0 Å². The zero-order chi connectivity index (χ0) is 25.9. The molecular formula is C27H26FN5O4. The summed E-state index contributed by atoms with van der Waals surface area (Å²) in [6.45, 7) is 2.26. The molecule has 190 valence electrons. The molecule has 3 N–H and O–H groups in total. The van der Waals surface area contributed by atoms with Gasteiger partial charge < -0.3 is 20.3 Å². The molecule has 2 aromatic carbocycles. The molecule has 4 atom stereocenters. The third kappa shape index (κ3) is 5.50. The van der Waals surface area contributed by atoms with E-state index in [2.05, 4.69) is 20.4 Å². The lowest BCUT2D eigenvalue weighted by Gasteiger charge is -2.19. The highest BCUT2D eigenvalue weighted by molar-refractivity contribution is 6.10. The van der Waals surface area contributed by atoms with Crippen LogP contribution in [0.15, 0.2) is 73.3 Å². The Hall–Kier alpha value is -4.15. The Morgan fingerprint density at radius 1 is 1.14 bits per heavy atom. The number of ether oxygens (including phenoxy) is 1. The number of aromatic nitrogens is 4. The normalized spacial score (nSPS) is 21.1. The van der Waals surface area contributed by atoms with Crippen molar-refractivity contribution in [1.82, 2.24) is 19.7 Å². The fourth-order valence-electron chi connectivity index (χ4n) is 4.43. The van der Waals surface area contributed by atoms with Crippen molar-refractivity contribution in [2.45, 2.75) is 38.1 Å². The molecule has 0 aliphatic heterocycles. The van der Waals surface area contributed by atoms with Gasteiger partial charge in [0.25, 0.3) is 0 Å². The van der Waals surface area contributed by atoms with Gasteiger partial charge in [-0.25, -0.2) is 14.4 Å². The van der Waals surface area contributed by atoms with E-state index >= 15 is 0 Å². The van der Waals surface area contributed by atoms with Crippen LogP contribution in [0, 0.1) is 11.7 Å². The van der Waals surface area contributed by atoms with Crippen molar-refractivity contribution in [2.75, 3.05) is 5.32 Å². The number of aliphatic hydroxyl groups is 2. The van der Waals surface area contributed by atoms with E-state index in [1.807, 2.05) is 25.1 Å². The largest absolute Gasteiger partial charge is 0.457 e. The maximum atomic E-state index is 13.2. The van der Waals surface area contributed by atoms with Crippen LogP contribution in [0.4, 0.5) is 10.2 Å². The van der Waals surface area contributed by atoms with Gasteiger partial charge in [-0.3, -0.25) is 9.48 Å². The first-order valence-corrected chi connectivity index (χ1v) is 11.9. The summed E-state index contributed by atoms with van der Waals surface area (Å²) in [4.78, 5) is 21.4. The quantitative estimate of drug-likeness (QED) is 0.313. The molecular weight excluding hydrogens is 477 g/mol. The molecule has 37 heavy (non-hydrogen) atoms. The minimum Gasteiger partial charge on any atom is -0.457 e. The Kier molecular flexibility index (Phi) is 6.93. The van der Waals surface area contributed by atoms with Crippen LogP contribution >= 0.6 is 0 Å². The number of aliphatic hydroxyl groups excluding tert-OH is 2. The third-order valence-electron chi connectivity index (χ3n) is 6.42. The van der Waals surface area contributed by atoms with E-state index in [0.29, 0.717) is 24.5 Å². The molecule has 0 spiro atoms. The molecule has 9 nitrogen and oxygen atoms in total. The van der Waals surface area contributed by atoms with Crippen molar-refractivity contribution in [2.24, 2.45) is 5.92 Å². The van der Waals surface area contributed by atoms with Crippen LogP contribution in [0.1, 0.15) is 35.0 Å². The fourth-order valence-corrected chi connectivity index (χ4v) is 4.43. The molecule has 0 unspecified atom stereocenters. The number of anilines is 1. The number of halogens is 1. The van der Waals surface area contributed by atoms with Gasteiger partial charge in [-0.1, -0.05) is 19.1 Å². The standard InChI is InChI=1S/C27H26FN5O4/c1-16-11-23(26(36)24(16)34)31-27-21(13-29-15-30-27)25(35)22-9-10-33(32-22)14-17-3-2-4-20(12-17)37-19-7-5-18(28)6-8-19/h2-10,12-13,15-16,23-24,26,34,36H,11,14H2,1H3,(H,29,30,31)/t16-,23-,24-,26+/m1/s1. The van der Waals surface area contributed by atoms with Gasteiger partial charge in [0.2, 0.25) is 5.78 Å². The molecule has 0 bridgehead atoms. The molecule has 4 aromatic rings. The second-order valence-electron chi connectivity index (χ2n) is 9.16. The highest BCUT2D eigenvalue weighted by atomic mass is 19.1. The highest BCUT2D eigenvalue weighted by Crippen LogP contribution is 2.29. The SMILES string of the molecule is C[C@@H]1C[C@@H](Nc2ncncc2C(=O)c2ccn(Cc3cccc(Oc4ccc(F)cc4)c3)n2)[C@H](O)[C@@H]1O. The molecule has 0 radical (unpaired) electrons. The average molecular weight is 504 g/mol. The van der Waals surface area contributed by atoms with E-state index < -0.39 is 18.2 Å². The Balaban J connectivity index is 1.28. The van der Waals surface area contributed by atoms with Gasteiger partial charge in [0.15, 0.2) is 0 Å². The van der Waals surface area contributed by atoms with Crippen LogP contribution in [0.2, 0.25) is 0 Å². The first-order valence-electron chi connectivity index (χ1n) is 11.9. The number of nitrogens with zero attached hydrogens (tertiary/aromatic N) is 4. The highest BCUT2D eigenvalue weighted by Gasteiger charge is 2.39. The number of rotatable bonds is 8. The van der Waals surface area contributed by atoms with Gasteiger partial charge in [0.05, 0.1) is 24.3 Å². The summed E-state index contributed by atoms with van der Waals surface area (Å²) in [6, 6.07) is 14.4. The minimum absolute atomic E-state index is 0.0798. The van der Waals surface area contributed by atoms with Crippen molar-refractivity contribution in [3.05, 3.63) is 96.0 Å². The minimum atomic E-state index is -0.963. The smallest absolute Gasteiger partial charge is 0.218 e. The molecule has 1 aliphatic rings. The lowest BCUT2D eigenvalue weighted by Crippen LogP contribution is -2.35. The van der Waals surface area contributed by atoms with Crippen LogP contribution in [-0.2, 0) is 6.54 Å². The lowest BCUT2D eigenvalue weighted by molar-refractivity contribution is 0.0210. The summed E-state index contributed by atoms with van der Waals surface area (Å²) < 4.78 is 20.6. The van der Waals surface area contributed by atoms with Crippen LogP contribution in [-0.4, -0.2) is 54.0 Å². The number of carbonyl (C=O) groups is 1. The number of ketones is 1. The molecule has 1 fully saturated rings.